The molecule has 146 valence electrons. The van der Waals surface area contributed by atoms with Crippen molar-refractivity contribution in [3.63, 3.8) is 0 Å². The summed E-state index contributed by atoms with van der Waals surface area (Å²) in [5, 5.41) is 3.83. The van der Waals surface area contributed by atoms with E-state index in [0.717, 1.165) is 0 Å². The number of halogens is 1. The zero-order valence-corrected chi connectivity index (χ0v) is 16.6. The van der Waals surface area contributed by atoms with Gasteiger partial charge in [-0.15, -0.1) is 0 Å². The predicted octanol–water partition coefficient (Wildman–Crippen LogP) is 3.22. The summed E-state index contributed by atoms with van der Waals surface area (Å²) in [6.45, 7) is 1.97. The van der Waals surface area contributed by atoms with Gasteiger partial charge in [0.15, 0.2) is 0 Å². The number of amides is 1. The highest BCUT2D eigenvalue weighted by atomic mass is 35.5. The molecular weight excluding hydrogens is 380 g/mol. The van der Waals surface area contributed by atoms with Crippen molar-refractivity contribution < 1.29 is 9.53 Å². The van der Waals surface area contributed by atoms with Gasteiger partial charge >= 0.3 is 0 Å². The smallest absolute Gasteiger partial charge is 0.258 e. The lowest BCUT2D eigenvalue weighted by atomic mass is 10.2. The van der Waals surface area contributed by atoms with Crippen molar-refractivity contribution in [3.8, 4) is 5.75 Å². The van der Waals surface area contributed by atoms with Gasteiger partial charge < -0.3 is 15.0 Å². The third kappa shape index (κ3) is 4.32. The van der Waals surface area contributed by atoms with Crippen molar-refractivity contribution in [3.05, 3.63) is 63.7 Å². The molecule has 0 aliphatic rings. The Balaban J connectivity index is 1.74. The Morgan fingerprint density at radius 2 is 2.07 bits per heavy atom. The Hall–Kier alpha value is -2.90. The summed E-state index contributed by atoms with van der Waals surface area (Å²) in [5.74, 6) is 0.784. The van der Waals surface area contributed by atoms with Crippen LogP contribution in [-0.4, -0.2) is 41.5 Å². The van der Waals surface area contributed by atoms with Gasteiger partial charge in [0, 0.05) is 5.02 Å². The molecule has 1 atom stereocenters. The fourth-order valence-corrected chi connectivity index (χ4v) is 3.01. The van der Waals surface area contributed by atoms with E-state index in [2.05, 4.69) is 15.3 Å². The number of rotatable bonds is 6. The van der Waals surface area contributed by atoms with Crippen LogP contribution in [0.25, 0.3) is 10.9 Å². The van der Waals surface area contributed by atoms with Crippen molar-refractivity contribution in [2.75, 3.05) is 26.0 Å². The molecule has 0 unspecified atom stereocenters. The average Bonchev–Trinajstić information content (AvgIpc) is 2.67. The molecule has 2 aromatic carbocycles. The Kier molecular flexibility index (Phi) is 5.96. The zero-order chi connectivity index (χ0) is 20.3. The number of carbonyl (C=O) groups excluding carboxylic acids is 1. The molecule has 7 nitrogen and oxygen atoms in total. The normalized spacial score (nSPS) is 12.2. The second kappa shape index (κ2) is 8.41. The molecule has 0 aliphatic carbocycles. The van der Waals surface area contributed by atoms with Crippen molar-refractivity contribution in [2.45, 2.75) is 13.0 Å². The highest BCUT2D eigenvalue weighted by molar-refractivity contribution is 6.31. The number of aromatic nitrogens is 2. The number of methoxy groups -OCH3 is 1. The van der Waals surface area contributed by atoms with Crippen LogP contribution in [0.2, 0.25) is 5.02 Å². The number of H-pyrrole nitrogens is 1. The summed E-state index contributed by atoms with van der Waals surface area (Å²) >= 11 is 6.00. The van der Waals surface area contributed by atoms with E-state index in [-0.39, 0.29) is 24.1 Å². The Labute approximate surface area is 167 Å². The van der Waals surface area contributed by atoms with Gasteiger partial charge in [-0.3, -0.25) is 14.5 Å². The first-order chi connectivity index (χ1) is 13.4. The molecule has 0 spiro atoms. The standard InChI is InChI=1S/C20H21ClN4O3/c1-12(19-23-15-7-5-4-6-14(15)20(27)24-19)25(2)11-18(26)22-16-10-13(21)8-9-17(16)28-3/h4-10,12H,11H2,1-3H3,(H,22,26)(H,23,24,27)/t12-/m0/s1. The van der Waals surface area contributed by atoms with Gasteiger partial charge in [0.05, 0.1) is 36.3 Å². The molecule has 28 heavy (non-hydrogen) atoms. The third-order valence-corrected chi connectivity index (χ3v) is 4.75. The maximum atomic E-state index is 12.5. The zero-order valence-electron chi connectivity index (χ0n) is 15.8. The van der Waals surface area contributed by atoms with Gasteiger partial charge in [-0.05, 0) is 44.3 Å². The number of carbonyl (C=O) groups is 1. The molecule has 0 aliphatic heterocycles. The minimum atomic E-state index is -0.274. The van der Waals surface area contributed by atoms with Crippen molar-refractivity contribution in [1.29, 1.82) is 0 Å². The number of benzene rings is 2. The van der Waals surface area contributed by atoms with Crippen LogP contribution in [0.1, 0.15) is 18.8 Å². The molecule has 1 aromatic heterocycles. The number of nitrogens with zero attached hydrogens (tertiary/aromatic N) is 2. The summed E-state index contributed by atoms with van der Waals surface area (Å²) in [6, 6.07) is 11.9. The lowest BCUT2D eigenvalue weighted by Crippen LogP contribution is -2.33. The van der Waals surface area contributed by atoms with Crippen molar-refractivity contribution in [2.24, 2.45) is 0 Å². The highest BCUT2D eigenvalue weighted by Crippen LogP contribution is 2.27. The van der Waals surface area contributed by atoms with Crippen molar-refractivity contribution in [1.82, 2.24) is 14.9 Å². The van der Waals surface area contributed by atoms with Crippen LogP contribution in [0.15, 0.2) is 47.3 Å². The third-order valence-electron chi connectivity index (χ3n) is 4.52. The van der Waals surface area contributed by atoms with Gasteiger partial charge in [-0.1, -0.05) is 23.7 Å². The van der Waals surface area contributed by atoms with Crippen LogP contribution in [0, 0.1) is 0 Å². The van der Waals surface area contributed by atoms with Gasteiger partial charge in [0.25, 0.3) is 5.56 Å². The highest BCUT2D eigenvalue weighted by Gasteiger charge is 2.19. The van der Waals surface area contributed by atoms with Crippen LogP contribution >= 0.6 is 11.6 Å². The molecule has 1 heterocycles. The van der Waals surface area contributed by atoms with Crippen LogP contribution in [0.5, 0.6) is 5.75 Å². The quantitative estimate of drug-likeness (QED) is 0.663. The topological polar surface area (TPSA) is 87.3 Å². The molecule has 0 radical (unpaired) electrons. The molecule has 3 rings (SSSR count). The number of anilines is 1. The minimum absolute atomic E-state index is 0.0906. The average molecular weight is 401 g/mol. The largest absolute Gasteiger partial charge is 0.495 e. The van der Waals surface area contributed by atoms with E-state index in [0.29, 0.717) is 33.2 Å². The van der Waals surface area contributed by atoms with Gasteiger partial charge in [0.2, 0.25) is 5.91 Å². The molecule has 0 saturated heterocycles. The number of nitrogens with one attached hydrogen (secondary N) is 2. The van der Waals surface area contributed by atoms with Crippen LogP contribution in [0.3, 0.4) is 0 Å². The number of hydrogen-bond acceptors (Lipinski definition) is 5. The summed E-state index contributed by atoms with van der Waals surface area (Å²) in [5.41, 5.74) is 0.918. The first-order valence-electron chi connectivity index (χ1n) is 8.71. The number of ether oxygens (including phenoxy) is 1. The fraction of sp³-hybridized carbons (Fsp3) is 0.250. The van der Waals surface area contributed by atoms with Crippen LogP contribution in [0.4, 0.5) is 5.69 Å². The van der Waals surface area contributed by atoms with Gasteiger partial charge in [-0.25, -0.2) is 4.98 Å². The van der Waals surface area contributed by atoms with E-state index in [4.69, 9.17) is 16.3 Å². The first-order valence-corrected chi connectivity index (χ1v) is 9.09. The summed E-state index contributed by atoms with van der Waals surface area (Å²) < 4.78 is 5.24. The predicted molar refractivity (Wildman–Crippen MR) is 110 cm³/mol. The summed E-state index contributed by atoms with van der Waals surface area (Å²) in [7, 11) is 3.31. The lowest BCUT2D eigenvalue weighted by Gasteiger charge is -2.23. The van der Waals surface area contributed by atoms with E-state index in [1.54, 1.807) is 48.3 Å². The molecular formula is C20H21ClN4O3. The summed E-state index contributed by atoms with van der Waals surface area (Å²) in [4.78, 5) is 33.9. The number of likely N-dealkylation sites (N-methyl/N-ethyl adjacent to an activating group) is 1. The van der Waals surface area contributed by atoms with Crippen LogP contribution < -0.4 is 15.6 Å². The number of fused-ring (bicyclic) bond motifs is 1. The molecule has 1 amide bonds. The van der Waals surface area contributed by atoms with Gasteiger partial charge in [0.1, 0.15) is 11.6 Å². The fourth-order valence-electron chi connectivity index (χ4n) is 2.84. The van der Waals surface area contributed by atoms with Gasteiger partial charge in [-0.2, -0.15) is 0 Å². The second-order valence-corrected chi connectivity index (χ2v) is 6.89. The first kappa shape index (κ1) is 19.9. The SMILES string of the molecule is COc1ccc(Cl)cc1NC(=O)CN(C)[C@@H](C)c1nc2ccccc2c(=O)[nH]1. The maximum Gasteiger partial charge on any atom is 0.258 e. The Morgan fingerprint density at radius 1 is 1.32 bits per heavy atom. The molecule has 0 bridgehead atoms. The van der Waals surface area contributed by atoms with E-state index < -0.39 is 0 Å². The minimum Gasteiger partial charge on any atom is -0.495 e. The second-order valence-electron chi connectivity index (χ2n) is 6.45. The number of hydrogen-bond donors (Lipinski definition) is 2. The van der Waals surface area contributed by atoms with E-state index in [9.17, 15) is 9.59 Å². The molecule has 0 fully saturated rings. The van der Waals surface area contributed by atoms with E-state index >= 15 is 0 Å². The molecule has 0 saturated carbocycles. The Morgan fingerprint density at radius 3 is 2.82 bits per heavy atom. The molecule has 2 N–H and O–H groups in total. The maximum absolute atomic E-state index is 12.5. The van der Waals surface area contributed by atoms with E-state index in [1.165, 1.54) is 7.11 Å². The lowest BCUT2D eigenvalue weighted by molar-refractivity contribution is -0.117. The molecule has 8 heteroatoms. The molecule has 3 aromatic rings. The Bertz CT molecular complexity index is 1070. The monoisotopic (exact) mass is 400 g/mol. The van der Waals surface area contributed by atoms with E-state index in [1.807, 2.05) is 13.0 Å². The number of aromatic amines is 1. The number of para-hydroxylation sites is 1. The summed E-state index contributed by atoms with van der Waals surface area (Å²) in [6.07, 6.45) is 0. The van der Waals surface area contributed by atoms with Crippen LogP contribution in [-0.2, 0) is 4.79 Å². The van der Waals surface area contributed by atoms with Crippen molar-refractivity contribution >= 4 is 34.1 Å².